The highest BCUT2D eigenvalue weighted by Crippen LogP contribution is 2.39. The number of halogens is 1. The van der Waals surface area contributed by atoms with Gasteiger partial charge in [0.2, 0.25) is 17.8 Å². The van der Waals surface area contributed by atoms with Crippen LogP contribution in [0.3, 0.4) is 0 Å². The van der Waals surface area contributed by atoms with E-state index in [1.807, 2.05) is 44.2 Å². The summed E-state index contributed by atoms with van der Waals surface area (Å²) < 4.78 is 33.7. The second kappa shape index (κ2) is 24.0. The first-order valence-electron chi connectivity index (χ1n) is 25.9. The maximum absolute atomic E-state index is 13.4. The highest BCUT2D eigenvalue weighted by molar-refractivity contribution is 6.05. The molecule has 2 saturated carbocycles. The molecule has 10 rings (SSSR count). The molecular weight excluding hydrogens is 930 g/mol. The van der Waals surface area contributed by atoms with Crippen molar-refractivity contribution in [2.45, 2.75) is 96.4 Å². The van der Waals surface area contributed by atoms with Gasteiger partial charge in [0.25, 0.3) is 11.8 Å². The van der Waals surface area contributed by atoms with Crippen molar-refractivity contribution in [2.75, 3.05) is 70.3 Å². The van der Waals surface area contributed by atoms with E-state index in [1.54, 1.807) is 12.1 Å². The molecule has 0 atom stereocenters. The normalized spacial score (nSPS) is 20.8. The van der Waals surface area contributed by atoms with E-state index in [0.29, 0.717) is 23.0 Å². The zero-order valence-electron chi connectivity index (χ0n) is 42.2. The third kappa shape index (κ3) is 12.8. The Bertz CT molecular complexity index is 2840. The summed E-state index contributed by atoms with van der Waals surface area (Å²) in [7, 11) is 1.45. The first-order valence-corrected chi connectivity index (χ1v) is 25.9. The van der Waals surface area contributed by atoms with Gasteiger partial charge in [0.15, 0.2) is 0 Å². The number of anilines is 2. The molecule has 0 bridgehead atoms. The highest BCUT2D eigenvalue weighted by atomic mass is 19.1. The Morgan fingerprint density at radius 1 is 0.616 bits per heavy atom. The number of imidazole rings is 2. The lowest BCUT2D eigenvalue weighted by atomic mass is 9.85. The predicted octanol–water partition coefficient (Wildman–Crippen LogP) is 8.54. The number of benzene rings is 4. The lowest BCUT2D eigenvalue weighted by molar-refractivity contribution is -0.146. The van der Waals surface area contributed by atoms with Crippen molar-refractivity contribution >= 4 is 57.7 Å². The third-order valence-electron chi connectivity index (χ3n) is 14.6. The van der Waals surface area contributed by atoms with Crippen molar-refractivity contribution in [1.82, 2.24) is 34.2 Å². The number of amides is 3. The molecule has 2 aromatic heterocycles. The Labute approximate surface area is 425 Å². The van der Waals surface area contributed by atoms with Crippen LogP contribution in [0, 0.1) is 17.7 Å². The number of fused-ring (bicyclic) bond motifs is 2. The first-order chi connectivity index (χ1) is 35.5. The van der Waals surface area contributed by atoms with E-state index in [4.69, 9.17) is 24.2 Å². The molecule has 0 spiro atoms. The van der Waals surface area contributed by atoms with E-state index in [9.17, 15) is 23.6 Å². The fourth-order valence-electron chi connectivity index (χ4n) is 10.7. The minimum Gasteiger partial charge on any atom is -0.469 e. The predicted molar refractivity (Wildman–Crippen MR) is 278 cm³/mol. The number of nitrogens with zero attached hydrogens (tertiary/aromatic N) is 6. The maximum atomic E-state index is 13.4. The Balaban J connectivity index is 0.000000180. The van der Waals surface area contributed by atoms with E-state index in [0.717, 1.165) is 139 Å². The summed E-state index contributed by atoms with van der Waals surface area (Å²) in [6.07, 6.45) is 6.36. The van der Waals surface area contributed by atoms with E-state index >= 15 is 0 Å². The molecule has 0 unspecified atom stereocenters. The Morgan fingerprint density at radius 3 is 1.52 bits per heavy atom. The number of hydrogen-bond acceptors (Lipinski definition) is 11. The number of ether oxygens (including phenoxy) is 3. The lowest BCUT2D eigenvalue weighted by Gasteiger charge is -2.30. The average Bonchev–Trinajstić information content (AvgIpc) is 3.96. The van der Waals surface area contributed by atoms with Gasteiger partial charge in [-0.2, -0.15) is 0 Å². The van der Waals surface area contributed by atoms with Gasteiger partial charge in [-0.05, 0) is 137 Å². The fourth-order valence-corrected chi connectivity index (χ4v) is 10.7. The van der Waals surface area contributed by atoms with Crippen molar-refractivity contribution in [3.05, 3.63) is 119 Å². The molecule has 4 heterocycles. The Morgan fingerprint density at radius 2 is 1.07 bits per heavy atom. The summed E-state index contributed by atoms with van der Waals surface area (Å²) in [6.45, 7) is 12.3. The number of rotatable bonds is 13. The molecule has 4 aliphatic rings. The standard InChI is InChI=1S/C29H36FN5O3.C27H32N4O4/c1-19(2)31-27(36)22-6-10-24(11-7-22)35-26-17-20(18-34-13-15-38-16-14-34)3-12-25(26)32-29(35)33-28(37)21-4-8-23(30)9-5-21;1-34-26(33)21-8-10-22(11-9-21)31-24-17-19(18-30-13-15-35-16-14-30)7-12-23(24)28-27(31)29-25(32)20-5-3-2-4-6-20/h3-5,8-9,12,17,19,22,24H,6-7,10-11,13-16,18H2,1-2H3,(H,31,36)(H,32,33,37);2-7,12,17,21-22H,8-11,13-16,18H2,1H3,(H,28,29,32). The van der Waals surface area contributed by atoms with Crippen LogP contribution in [0.25, 0.3) is 22.1 Å². The van der Waals surface area contributed by atoms with Gasteiger partial charge in [-0.15, -0.1) is 0 Å². The summed E-state index contributed by atoms with van der Waals surface area (Å²) in [4.78, 5) is 65.1. The summed E-state index contributed by atoms with van der Waals surface area (Å²) in [5, 5.41) is 9.07. The molecule has 17 heteroatoms. The van der Waals surface area contributed by atoms with Crippen molar-refractivity contribution in [3.8, 4) is 0 Å². The van der Waals surface area contributed by atoms with Gasteiger partial charge in [0.1, 0.15) is 5.82 Å². The second-order valence-electron chi connectivity index (χ2n) is 20.0. The summed E-state index contributed by atoms with van der Waals surface area (Å²) in [5.74, 6) is 0.0458. The Hall–Kier alpha value is -6.53. The molecule has 3 amide bonds. The number of carbonyl (C=O) groups excluding carboxylic acids is 4. The lowest BCUT2D eigenvalue weighted by Crippen LogP contribution is -2.37. The zero-order valence-corrected chi connectivity index (χ0v) is 42.2. The van der Waals surface area contributed by atoms with Gasteiger partial charge in [-0.25, -0.2) is 14.4 Å². The van der Waals surface area contributed by atoms with Gasteiger partial charge in [-0.3, -0.25) is 39.6 Å². The van der Waals surface area contributed by atoms with Crippen LogP contribution in [-0.4, -0.2) is 118 Å². The molecule has 386 valence electrons. The Kier molecular flexibility index (Phi) is 16.9. The summed E-state index contributed by atoms with van der Waals surface area (Å²) in [6, 6.07) is 27.7. The van der Waals surface area contributed by atoms with Gasteiger partial charge in [0, 0.05) is 74.4 Å². The largest absolute Gasteiger partial charge is 0.469 e. The number of carbonyl (C=O) groups is 4. The fraction of sp³-hybridized carbons (Fsp3) is 0.464. The summed E-state index contributed by atoms with van der Waals surface area (Å²) in [5.41, 5.74) is 7.01. The van der Waals surface area contributed by atoms with Crippen LogP contribution in [0.4, 0.5) is 16.3 Å². The van der Waals surface area contributed by atoms with Crippen molar-refractivity contribution in [1.29, 1.82) is 0 Å². The van der Waals surface area contributed by atoms with Crippen molar-refractivity contribution in [3.63, 3.8) is 0 Å². The molecule has 4 aromatic carbocycles. The maximum Gasteiger partial charge on any atom is 0.308 e. The number of hydrogen-bond donors (Lipinski definition) is 3. The molecule has 2 aliphatic heterocycles. The first kappa shape index (κ1) is 51.4. The second-order valence-corrected chi connectivity index (χ2v) is 20.0. The van der Waals surface area contributed by atoms with Crippen LogP contribution < -0.4 is 16.0 Å². The monoisotopic (exact) mass is 998 g/mol. The minimum absolute atomic E-state index is 0.00225. The van der Waals surface area contributed by atoms with Crippen LogP contribution in [0.5, 0.6) is 0 Å². The van der Waals surface area contributed by atoms with Crippen LogP contribution in [0.2, 0.25) is 0 Å². The van der Waals surface area contributed by atoms with E-state index in [2.05, 4.69) is 59.1 Å². The topological polar surface area (TPSA) is 174 Å². The molecule has 4 fully saturated rings. The van der Waals surface area contributed by atoms with Crippen LogP contribution in [0.1, 0.15) is 109 Å². The number of morpholine rings is 2. The molecule has 0 radical (unpaired) electrons. The van der Waals surface area contributed by atoms with Gasteiger partial charge in [-0.1, -0.05) is 30.3 Å². The number of aromatic nitrogens is 4. The zero-order chi connectivity index (χ0) is 50.8. The molecule has 2 saturated heterocycles. The van der Waals surface area contributed by atoms with Crippen LogP contribution >= 0.6 is 0 Å². The van der Waals surface area contributed by atoms with Gasteiger partial charge in [0.05, 0.1) is 61.5 Å². The molecule has 73 heavy (non-hydrogen) atoms. The molecule has 6 aromatic rings. The minimum atomic E-state index is -0.389. The highest BCUT2D eigenvalue weighted by Gasteiger charge is 2.32. The van der Waals surface area contributed by atoms with Crippen LogP contribution in [0.15, 0.2) is 91.0 Å². The molecular formula is C56H68FN9O7. The quantitative estimate of drug-likeness (QED) is 0.0947. The molecule has 2 aliphatic carbocycles. The van der Waals surface area contributed by atoms with Gasteiger partial charge >= 0.3 is 5.97 Å². The van der Waals surface area contributed by atoms with E-state index in [-0.39, 0.29) is 59.5 Å². The number of esters is 1. The number of nitrogens with one attached hydrogen (secondary N) is 3. The van der Waals surface area contributed by atoms with Crippen molar-refractivity contribution < 1.29 is 37.8 Å². The van der Waals surface area contributed by atoms with E-state index in [1.165, 1.54) is 42.5 Å². The number of methoxy groups -OCH3 is 1. The van der Waals surface area contributed by atoms with Crippen LogP contribution in [-0.2, 0) is 36.9 Å². The average molecular weight is 998 g/mol. The molecule has 3 N–H and O–H groups in total. The van der Waals surface area contributed by atoms with E-state index < -0.39 is 0 Å². The van der Waals surface area contributed by atoms with Crippen molar-refractivity contribution in [2.24, 2.45) is 11.8 Å². The third-order valence-corrected chi connectivity index (χ3v) is 14.6. The SMILES string of the molecule is CC(C)NC(=O)C1CCC(n2c(NC(=O)c3ccc(F)cc3)nc3ccc(CN4CCOCC4)cc32)CC1.COC(=O)C1CCC(n2c(NC(=O)c3ccccc3)nc3ccc(CN4CCOCC4)cc32)CC1. The molecule has 16 nitrogen and oxygen atoms in total. The van der Waals surface area contributed by atoms with Gasteiger partial charge < -0.3 is 28.7 Å². The summed E-state index contributed by atoms with van der Waals surface area (Å²) >= 11 is 0. The smallest absolute Gasteiger partial charge is 0.308 e.